The summed E-state index contributed by atoms with van der Waals surface area (Å²) in [7, 11) is 1.62. The molecule has 27 heavy (non-hydrogen) atoms. The molecule has 144 valence electrons. The van der Waals surface area contributed by atoms with Crippen molar-refractivity contribution < 1.29 is 19.3 Å². The predicted molar refractivity (Wildman–Crippen MR) is 108 cm³/mol. The zero-order valence-electron chi connectivity index (χ0n) is 16.0. The Morgan fingerprint density at radius 1 is 1.11 bits per heavy atom. The summed E-state index contributed by atoms with van der Waals surface area (Å²) in [6.07, 6.45) is 0. The average molecular weight is 390 g/mol. The second-order valence-corrected chi connectivity index (χ2v) is 7.67. The third-order valence-corrected chi connectivity index (χ3v) is 5.28. The molecular weight excluding hydrogens is 362 g/mol. The Kier molecular flexibility index (Phi) is 6.72. The molecule has 2 aromatic rings. The van der Waals surface area contributed by atoms with Crippen LogP contribution in [0.5, 0.6) is 5.75 Å². The molecule has 0 bridgehead atoms. The molecule has 0 aromatic heterocycles. The maximum Gasteiger partial charge on any atom is 0.279 e. The number of halogens is 1. The molecule has 3 rings (SSSR count). The van der Waals surface area contributed by atoms with Gasteiger partial charge in [-0.1, -0.05) is 29.8 Å². The molecule has 1 saturated heterocycles. The SMILES string of the molecule is COc1ccc(C)cc1NC(=O)C[NH+]1CC[NH+](Cc2cccc(Cl)c2)CC1. The van der Waals surface area contributed by atoms with Gasteiger partial charge in [0.1, 0.15) is 38.5 Å². The lowest BCUT2D eigenvalue weighted by atomic mass is 10.2. The monoisotopic (exact) mass is 389 g/mol. The standard InChI is InChI=1S/C21H26ClN3O2/c1-16-6-7-20(27-2)19(12-16)23-21(26)15-25-10-8-24(9-11-25)14-17-4-3-5-18(22)13-17/h3-7,12-13H,8-11,14-15H2,1-2H3,(H,23,26)/p+2. The lowest BCUT2D eigenvalue weighted by Crippen LogP contribution is -3.28. The second kappa shape index (κ2) is 9.22. The molecule has 0 radical (unpaired) electrons. The van der Waals surface area contributed by atoms with E-state index in [9.17, 15) is 4.79 Å². The van der Waals surface area contributed by atoms with Crippen molar-refractivity contribution in [2.45, 2.75) is 13.5 Å². The van der Waals surface area contributed by atoms with Crippen LogP contribution in [-0.4, -0.2) is 45.7 Å². The van der Waals surface area contributed by atoms with E-state index < -0.39 is 0 Å². The van der Waals surface area contributed by atoms with Gasteiger partial charge < -0.3 is 19.9 Å². The summed E-state index contributed by atoms with van der Waals surface area (Å²) in [5.41, 5.74) is 3.11. The smallest absolute Gasteiger partial charge is 0.279 e. The van der Waals surface area contributed by atoms with E-state index in [4.69, 9.17) is 16.3 Å². The van der Waals surface area contributed by atoms with Gasteiger partial charge in [-0.25, -0.2) is 0 Å². The predicted octanol–water partition coefficient (Wildman–Crippen LogP) is 0.579. The van der Waals surface area contributed by atoms with Gasteiger partial charge in [-0.15, -0.1) is 0 Å². The molecule has 0 aliphatic carbocycles. The number of methoxy groups -OCH3 is 1. The fraction of sp³-hybridized carbons (Fsp3) is 0.381. The van der Waals surface area contributed by atoms with Gasteiger partial charge in [0.2, 0.25) is 0 Å². The third kappa shape index (κ3) is 5.70. The van der Waals surface area contributed by atoms with Crippen molar-refractivity contribution in [3.05, 3.63) is 58.6 Å². The second-order valence-electron chi connectivity index (χ2n) is 7.24. The minimum atomic E-state index is 0.0344. The van der Waals surface area contributed by atoms with Crippen molar-refractivity contribution in [2.75, 3.05) is 45.2 Å². The highest BCUT2D eigenvalue weighted by molar-refractivity contribution is 6.30. The zero-order valence-corrected chi connectivity index (χ0v) is 16.7. The van der Waals surface area contributed by atoms with E-state index in [-0.39, 0.29) is 5.91 Å². The number of aryl methyl sites for hydroxylation is 1. The summed E-state index contributed by atoms with van der Waals surface area (Å²) < 4.78 is 5.34. The maximum atomic E-state index is 12.5. The highest BCUT2D eigenvalue weighted by Crippen LogP contribution is 2.24. The largest absolute Gasteiger partial charge is 0.495 e. The number of carbonyl (C=O) groups is 1. The normalized spacial score (nSPS) is 19.5. The van der Waals surface area contributed by atoms with E-state index in [1.165, 1.54) is 10.5 Å². The van der Waals surface area contributed by atoms with Gasteiger partial charge in [-0.3, -0.25) is 4.79 Å². The van der Waals surface area contributed by atoms with Gasteiger partial charge in [0.25, 0.3) is 5.91 Å². The molecule has 6 heteroatoms. The van der Waals surface area contributed by atoms with Crippen molar-refractivity contribution in [1.29, 1.82) is 0 Å². The van der Waals surface area contributed by atoms with Crippen molar-refractivity contribution in [3.8, 4) is 5.75 Å². The quantitative estimate of drug-likeness (QED) is 0.677. The Morgan fingerprint density at radius 3 is 2.56 bits per heavy atom. The molecule has 5 nitrogen and oxygen atoms in total. The first-order chi connectivity index (χ1) is 13.0. The van der Waals surface area contributed by atoms with Crippen LogP contribution in [0.1, 0.15) is 11.1 Å². The summed E-state index contributed by atoms with van der Waals surface area (Å²) in [4.78, 5) is 15.3. The average Bonchev–Trinajstić information content (AvgIpc) is 2.63. The van der Waals surface area contributed by atoms with E-state index in [1.54, 1.807) is 12.0 Å². The van der Waals surface area contributed by atoms with Gasteiger partial charge in [0.15, 0.2) is 6.54 Å². The number of hydrogen-bond acceptors (Lipinski definition) is 2. The first kappa shape index (κ1) is 19.7. The summed E-state index contributed by atoms with van der Waals surface area (Å²) in [5, 5.41) is 3.79. The first-order valence-electron chi connectivity index (χ1n) is 9.39. The number of anilines is 1. The lowest BCUT2D eigenvalue weighted by Gasteiger charge is -2.29. The van der Waals surface area contributed by atoms with Crippen molar-refractivity contribution in [2.24, 2.45) is 0 Å². The van der Waals surface area contributed by atoms with Crippen LogP contribution in [-0.2, 0) is 11.3 Å². The van der Waals surface area contributed by atoms with Crippen LogP contribution >= 0.6 is 11.6 Å². The number of ether oxygens (including phenoxy) is 1. The third-order valence-electron chi connectivity index (χ3n) is 5.05. The fourth-order valence-electron chi connectivity index (χ4n) is 3.59. The van der Waals surface area contributed by atoms with Gasteiger partial charge in [0, 0.05) is 10.6 Å². The number of nitrogens with one attached hydrogen (secondary N) is 3. The van der Waals surface area contributed by atoms with Crippen LogP contribution in [0.2, 0.25) is 5.02 Å². The summed E-state index contributed by atoms with van der Waals surface area (Å²) in [6, 6.07) is 13.9. The molecule has 2 aromatic carbocycles. The van der Waals surface area contributed by atoms with Crippen LogP contribution in [0, 0.1) is 6.92 Å². The first-order valence-corrected chi connectivity index (χ1v) is 9.77. The molecule has 1 aliphatic heterocycles. The Morgan fingerprint density at radius 2 is 1.85 bits per heavy atom. The minimum absolute atomic E-state index is 0.0344. The number of piperazine rings is 1. The zero-order chi connectivity index (χ0) is 19.2. The maximum absolute atomic E-state index is 12.5. The van der Waals surface area contributed by atoms with Crippen LogP contribution in [0.15, 0.2) is 42.5 Å². The molecule has 1 heterocycles. The van der Waals surface area contributed by atoms with Crippen LogP contribution in [0.3, 0.4) is 0 Å². The Bertz CT molecular complexity index is 789. The van der Waals surface area contributed by atoms with E-state index >= 15 is 0 Å². The molecule has 0 atom stereocenters. The van der Waals surface area contributed by atoms with Gasteiger partial charge >= 0.3 is 0 Å². The molecule has 1 fully saturated rings. The van der Waals surface area contributed by atoms with Crippen LogP contribution in [0.25, 0.3) is 0 Å². The highest BCUT2D eigenvalue weighted by atomic mass is 35.5. The van der Waals surface area contributed by atoms with E-state index in [0.29, 0.717) is 12.3 Å². The van der Waals surface area contributed by atoms with Crippen LogP contribution in [0.4, 0.5) is 5.69 Å². The molecule has 3 N–H and O–H groups in total. The van der Waals surface area contributed by atoms with Gasteiger partial charge in [-0.2, -0.15) is 0 Å². The van der Waals surface area contributed by atoms with Crippen LogP contribution < -0.4 is 19.9 Å². The number of amides is 1. The number of rotatable bonds is 6. The molecule has 0 unspecified atom stereocenters. The minimum Gasteiger partial charge on any atom is -0.495 e. The van der Waals surface area contributed by atoms with E-state index in [1.807, 2.05) is 43.3 Å². The topological polar surface area (TPSA) is 47.2 Å². The van der Waals surface area contributed by atoms with Crippen molar-refractivity contribution in [1.82, 2.24) is 0 Å². The molecule has 1 amide bonds. The molecular formula is C21H28ClN3O2+2. The Hall–Kier alpha value is -2.08. The Balaban J connectivity index is 1.47. The number of hydrogen-bond donors (Lipinski definition) is 3. The molecule has 0 spiro atoms. The number of carbonyl (C=O) groups excluding carboxylic acids is 1. The molecule has 0 saturated carbocycles. The van der Waals surface area contributed by atoms with Gasteiger partial charge in [-0.05, 0) is 36.8 Å². The number of quaternary nitrogens is 2. The summed E-state index contributed by atoms with van der Waals surface area (Å²) in [6.45, 7) is 7.58. The summed E-state index contributed by atoms with van der Waals surface area (Å²) >= 11 is 6.07. The highest BCUT2D eigenvalue weighted by Gasteiger charge is 2.25. The Labute approximate surface area is 165 Å². The van der Waals surface area contributed by atoms with E-state index in [0.717, 1.165) is 49.0 Å². The van der Waals surface area contributed by atoms with Gasteiger partial charge in [0.05, 0.1) is 12.8 Å². The fourth-order valence-corrected chi connectivity index (χ4v) is 3.80. The van der Waals surface area contributed by atoms with Crippen molar-refractivity contribution >= 4 is 23.2 Å². The van der Waals surface area contributed by atoms with Crippen molar-refractivity contribution in [3.63, 3.8) is 0 Å². The number of benzene rings is 2. The lowest BCUT2D eigenvalue weighted by molar-refractivity contribution is -1.02. The summed E-state index contributed by atoms with van der Waals surface area (Å²) in [5.74, 6) is 0.729. The molecule has 1 aliphatic rings. The van der Waals surface area contributed by atoms with E-state index in [2.05, 4.69) is 11.4 Å².